The SMILES string of the molecule is CC[C@H](C)C1C(=O)N[C@@H]([C@@H](C)O)C(=O)N(C)CC(=O)N(C)[C@@H](CC(C)C)C(=O)N[C@H](C(=O)N2CCCCC2)CC(=O)N(C)[C@@H](C(C)C)C(=O)N[C@@H](CCCC(O)C(F)(F)F)C(=O)N(C)[C@@H](CC(C)C)C(=O)N(C)[C@@H](Cc2ccccc2)C(=O)N[C@@H](CC(C)C)C(=O)N(C)[C@@H](Cc2ccccc2)C(=O)N1C. The molecule has 26 nitrogen and oxygen atoms in total. The predicted octanol–water partition coefficient (Wildman–Crippen LogP) is 4.56. The number of nitrogens with one attached hydrogen (secondary N) is 4. The van der Waals surface area contributed by atoms with E-state index in [0.29, 0.717) is 30.4 Å². The van der Waals surface area contributed by atoms with Crippen LogP contribution in [0.5, 0.6) is 0 Å². The number of aliphatic hydroxyl groups excluding tert-OH is 2. The van der Waals surface area contributed by atoms with Crippen molar-refractivity contribution in [2.45, 2.75) is 238 Å². The molecule has 2 aromatic rings. The summed E-state index contributed by atoms with van der Waals surface area (Å²) in [6.07, 6.45) is -10.1. The van der Waals surface area contributed by atoms with Gasteiger partial charge in [-0.05, 0) is 105 Å². The Balaban J connectivity index is 2.04. The highest BCUT2D eigenvalue weighted by molar-refractivity contribution is 6.00. The third-order valence-corrected chi connectivity index (χ3v) is 20.1. The summed E-state index contributed by atoms with van der Waals surface area (Å²) in [5.74, 6) is -12.2. The highest BCUT2D eigenvalue weighted by Gasteiger charge is 2.46. The molecular formula is C76H119F3N12O14. The van der Waals surface area contributed by atoms with Gasteiger partial charge < -0.3 is 70.7 Å². The van der Waals surface area contributed by atoms with Gasteiger partial charge in [0.15, 0.2) is 0 Å². The lowest BCUT2D eigenvalue weighted by Gasteiger charge is -2.39. The molecular weight excluding hydrogens is 1360 g/mol. The largest absolute Gasteiger partial charge is 0.414 e. The molecule has 2 fully saturated rings. The van der Waals surface area contributed by atoms with E-state index in [2.05, 4.69) is 21.3 Å². The molecule has 0 spiro atoms. The third-order valence-electron chi connectivity index (χ3n) is 20.1. The number of aliphatic hydroxyl groups is 2. The van der Waals surface area contributed by atoms with Crippen LogP contribution in [0.25, 0.3) is 0 Å². The van der Waals surface area contributed by atoms with Gasteiger partial charge in [0, 0.05) is 75.3 Å². The number of amides is 12. The maximum atomic E-state index is 15.6. The van der Waals surface area contributed by atoms with E-state index in [9.17, 15) is 52.2 Å². The standard InChI is InChI=1S/C76H119F3N12O14/c1-19-49(10)65-69(99)83-63(50(11)92)75(105)84(12)44-62(95)85(13)56(39-46(4)5)66(96)82-55(72(102)91-36-27-22-28-37-91)43-61(94)89(17)64(48(8)9)68(98)80-53(34-29-35-60(93)76(77,78)79)70(100)87(15)58(40-47(6)7)73(103)86(14)57(41-51-30-23-20-24-31-51)67(97)81-54(38-45(2)3)71(101)88(16)59(74(104)90(65)18)42-52-32-25-21-26-33-52/h20-21,23-26,30-33,45-50,53-60,63-65,92-93H,19,22,27-29,34-44H2,1-18H3,(H,80,98)(H,81,97)(H,82,96)(H,83,99)/t49-,50+,53-,54-,55-,56-,57-,58-,59-,60?,63-,64-,65?/m0/s1. The van der Waals surface area contributed by atoms with Crippen molar-refractivity contribution in [3.63, 3.8) is 0 Å². The second-order valence-corrected chi connectivity index (χ2v) is 30.3. The number of likely N-dealkylation sites (N-methyl/N-ethyl adjacent to an activating group) is 7. The topological polar surface area (TPSA) is 319 Å². The molecule has 0 aliphatic carbocycles. The maximum absolute atomic E-state index is 15.6. The Morgan fingerprint density at radius 1 is 0.505 bits per heavy atom. The van der Waals surface area contributed by atoms with Crippen molar-refractivity contribution in [1.29, 1.82) is 0 Å². The van der Waals surface area contributed by atoms with Crippen molar-refractivity contribution in [3.05, 3.63) is 71.8 Å². The van der Waals surface area contributed by atoms with Gasteiger partial charge in [0.05, 0.1) is 19.1 Å². The number of alkyl halides is 3. The summed E-state index contributed by atoms with van der Waals surface area (Å²) in [6, 6.07) is 2.58. The molecule has 0 bridgehead atoms. The van der Waals surface area contributed by atoms with Gasteiger partial charge in [-0.3, -0.25) is 57.5 Å². The molecule has 2 saturated heterocycles. The molecule has 2 aromatic carbocycles. The summed E-state index contributed by atoms with van der Waals surface area (Å²) in [5, 5.41) is 32.4. The average Bonchev–Trinajstić information content (AvgIpc) is 0.808. The Labute approximate surface area is 618 Å². The minimum Gasteiger partial charge on any atom is -0.391 e. The number of carbonyl (C=O) groups excluding carboxylic acids is 12. The molecule has 2 heterocycles. The van der Waals surface area contributed by atoms with Crippen LogP contribution in [-0.2, 0) is 70.4 Å². The van der Waals surface area contributed by atoms with E-state index in [1.165, 1.54) is 71.0 Å². The molecule has 4 rings (SSSR count). The first-order valence-electron chi connectivity index (χ1n) is 36.9. The van der Waals surface area contributed by atoms with Gasteiger partial charge in [-0.25, -0.2) is 0 Å². The van der Waals surface area contributed by atoms with Gasteiger partial charge >= 0.3 is 6.18 Å². The Kier molecular flexibility index (Phi) is 34.9. The Morgan fingerprint density at radius 2 is 0.971 bits per heavy atom. The number of nitrogens with zero attached hydrogens (tertiary/aromatic N) is 8. The number of rotatable bonds is 19. The van der Waals surface area contributed by atoms with Gasteiger partial charge in [0.1, 0.15) is 66.5 Å². The van der Waals surface area contributed by atoms with Crippen LogP contribution in [0.15, 0.2) is 60.7 Å². The van der Waals surface area contributed by atoms with Crippen LogP contribution in [0, 0.1) is 29.6 Å². The van der Waals surface area contributed by atoms with Crippen LogP contribution in [0.1, 0.15) is 158 Å². The molecule has 13 atom stereocenters. The van der Waals surface area contributed by atoms with Gasteiger partial charge in [0.25, 0.3) is 0 Å². The zero-order valence-electron chi connectivity index (χ0n) is 64.9. The Morgan fingerprint density at radius 3 is 1.48 bits per heavy atom. The summed E-state index contributed by atoms with van der Waals surface area (Å²) >= 11 is 0. The first-order chi connectivity index (χ1) is 49.0. The fraction of sp³-hybridized carbons (Fsp3) is 0.684. The highest BCUT2D eigenvalue weighted by atomic mass is 19.4. The van der Waals surface area contributed by atoms with Crippen LogP contribution in [0.2, 0.25) is 0 Å². The van der Waals surface area contributed by atoms with Crippen molar-refractivity contribution in [2.24, 2.45) is 29.6 Å². The molecule has 0 saturated carbocycles. The lowest BCUT2D eigenvalue weighted by molar-refractivity contribution is -0.205. The smallest absolute Gasteiger partial charge is 0.391 e. The maximum Gasteiger partial charge on any atom is 0.414 e. The Bertz CT molecular complexity index is 3250. The van der Waals surface area contributed by atoms with Crippen molar-refractivity contribution >= 4 is 70.9 Å². The fourth-order valence-electron chi connectivity index (χ4n) is 13.6. The second kappa shape index (κ2) is 41.1. The summed E-state index contributed by atoms with van der Waals surface area (Å²) in [6.45, 7) is 18.5. The Hall–Kier alpha value is -8.21. The van der Waals surface area contributed by atoms with E-state index in [-0.39, 0.29) is 62.9 Å². The molecule has 588 valence electrons. The number of carbonyl (C=O) groups is 12. The quantitative estimate of drug-likeness (QED) is 0.112. The second-order valence-electron chi connectivity index (χ2n) is 30.3. The summed E-state index contributed by atoms with van der Waals surface area (Å²) in [4.78, 5) is 190. The zero-order valence-corrected chi connectivity index (χ0v) is 64.9. The van der Waals surface area contributed by atoms with E-state index in [1.807, 2.05) is 13.8 Å². The van der Waals surface area contributed by atoms with Crippen LogP contribution in [0.3, 0.4) is 0 Å². The number of likely N-dealkylation sites (tertiary alicyclic amines) is 1. The summed E-state index contributed by atoms with van der Waals surface area (Å²) in [5.41, 5.74) is 1.19. The fourth-order valence-corrected chi connectivity index (χ4v) is 13.6. The number of halogens is 3. The molecule has 0 radical (unpaired) electrons. The van der Waals surface area contributed by atoms with Crippen molar-refractivity contribution in [3.8, 4) is 0 Å². The molecule has 12 amide bonds. The van der Waals surface area contributed by atoms with Crippen molar-refractivity contribution in [2.75, 3.05) is 69.0 Å². The minimum absolute atomic E-state index is 0.00272. The normalized spacial score (nSPS) is 25.2. The molecule has 2 unspecified atom stereocenters. The van der Waals surface area contributed by atoms with E-state index in [4.69, 9.17) is 0 Å². The van der Waals surface area contributed by atoms with Crippen LogP contribution < -0.4 is 21.3 Å². The first-order valence-corrected chi connectivity index (χ1v) is 36.9. The lowest BCUT2D eigenvalue weighted by Crippen LogP contribution is -2.63. The van der Waals surface area contributed by atoms with E-state index >= 15 is 28.8 Å². The monoisotopic (exact) mass is 1480 g/mol. The third kappa shape index (κ3) is 25.5. The van der Waals surface area contributed by atoms with Crippen LogP contribution in [-0.4, -0.2) is 268 Å². The number of piperidine rings is 1. The molecule has 2 aliphatic rings. The van der Waals surface area contributed by atoms with Gasteiger partial charge in [-0.2, -0.15) is 13.2 Å². The van der Waals surface area contributed by atoms with E-state index < -0.39 is 194 Å². The summed E-state index contributed by atoms with van der Waals surface area (Å²) in [7, 11) is 9.25. The molecule has 105 heavy (non-hydrogen) atoms. The minimum atomic E-state index is -5.05. The average molecular weight is 1480 g/mol. The number of hydrogen-bond donors (Lipinski definition) is 6. The molecule has 0 aromatic heterocycles. The van der Waals surface area contributed by atoms with E-state index in [0.717, 1.165) is 30.9 Å². The predicted molar refractivity (Wildman–Crippen MR) is 390 cm³/mol. The van der Waals surface area contributed by atoms with Crippen molar-refractivity contribution < 1.29 is 80.9 Å². The molecule has 6 N–H and O–H groups in total. The van der Waals surface area contributed by atoms with Crippen LogP contribution >= 0.6 is 0 Å². The zero-order chi connectivity index (χ0) is 79.2. The molecule has 29 heteroatoms. The van der Waals surface area contributed by atoms with Gasteiger partial charge in [-0.1, -0.05) is 136 Å². The summed E-state index contributed by atoms with van der Waals surface area (Å²) < 4.78 is 41.6. The molecule has 2 aliphatic heterocycles. The van der Waals surface area contributed by atoms with Gasteiger partial charge in [0.2, 0.25) is 70.9 Å². The number of benzene rings is 2. The van der Waals surface area contributed by atoms with E-state index in [1.54, 1.807) is 116 Å². The van der Waals surface area contributed by atoms with Crippen molar-refractivity contribution in [1.82, 2.24) is 60.5 Å². The number of hydrogen-bond acceptors (Lipinski definition) is 14. The van der Waals surface area contributed by atoms with Crippen LogP contribution in [0.4, 0.5) is 13.2 Å². The van der Waals surface area contributed by atoms with Gasteiger partial charge in [-0.15, -0.1) is 0 Å². The highest BCUT2D eigenvalue weighted by Crippen LogP contribution is 2.28. The lowest BCUT2D eigenvalue weighted by atomic mass is 9.94. The first kappa shape index (κ1) is 89.2.